The van der Waals surface area contributed by atoms with Gasteiger partial charge in [-0.3, -0.25) is 10.1 Å². The van der Waals surface area contributed by atoms with Crippen LogP contribution < -0.4 is 5.32 Å². The Morgan fingerprint density at radius 2 is 1.81 bits per heavy atom. The predicted octanol–water partition coefficient (Wildman–Crippen LogP) is 3.13. The Balaban J connectivity index is 1.93. The summed E-state index contributed by atoms with van der Waals surface area (Å²) in [6.07, 6.45) is 0. The SMILES string of the molecule is O=C1NC(=O)N(Cc2ccccc2)C1c1cccc(Cl)c1. The molecule has 0 saturated carbocycles. The second-order valence-corrected chi connectivity index (χ2v) is 5.30. The minimum absolute atomic E-state index is 0.321. The van der Waals surface area contributed by atoms with Crippen LogP contribution in [0.3, 0.4) is 0 Å². The Kier molecular flexibility index (Phi) is 3.62. The highest BCUT2D eigenvalue weighted by atomic mass is 35.5. The molecule has 0 aromatic heterocycles. The van der Waals surface area contributed by atoms with Crippen LogP contribution in [0.25, 0.3) is 0 Å². The number of imide groups is 1. The van der Waals surface area contributed by atoms with Gasteiger partial charge in [-0.25, -0.2) is 4.79 Å². The van der Waals surface area contributed by atoms with Crippen molar-refractivity contribution in [2.45, 2.75) is 12.6 Å². The van der Waals surface area contributed by atoms with E-state index in [1.54, 1.807) is 24.3 Å². The molecule has 1 aliphatic rings. The van der Waals surface area contributed by atoms with Gasteiger partial charge in [0.25, 0.3) is 5.91 Å². The normalized spacial score (nSPS) is 18.0. The Hall–Kier alpha value is -2.33. The molecule has 0 radical (unpaired) electrons. The molecule has 106 valence electrons. The van der Waals surface area contributed by atoms with Crippen LogP contribution in [-0.4, -0.2) is 16.8 Å². The molecule has 1 aliphatic heterocycles. The van der Waals surface area contributed by atoms with Gasteiger partial charge < -0.3 is 4.90 Å². The van der Waals surface area contributed by atoms with Gasteiger partial charge in [0.1, 0.15) is 6.04 Å². The Morgan fingerprint density at radius 1 is 1.05 bits per heavy atom. The lowest BCUT2D eigenvalue weighted by molar-refractivity contribution is -0.121. The number of halogens is 1. The van der Waals surface area contributed by atoms with E-state index >= 15 is 0 Å². The minimum atomic E-state index is -0.642. The van der Waals surface area contributed by atoms with E-state index in [4.69, 9.17) is 11.6 Å². The van der Waals surface area contributed by atoms with Crippen LogP contribution in [0.5, 0.6) is 0 Å². The Labute approximate surface area is 127 Å². The van der Waals surface area contributed by atoms with Gasteiger partial charge in [-0.15, -0.1) is 0 Å². The average Bonchev–Trinajstić information content (AvgIpc) is 2.74. The van der Waals surface area contributed by atoms with Crippen molar-refractivity contribution in [3.05, 3.63) is 70.7 Å². The molecule has 1 fully saturated rings. The third kappa shape index (κ3) is 2.76. The summed E-state index contributed by atoms with van der Waals surface area (Å²) < 4.78 is 0. The van der Waals surface area contributed by atoms with E-state index in [-0.39, 0.29) is 11.9 Å². The standard InChI is InChI=1S/C16H13ClN2O2/c17-13-8-4-7-12(9-13)14-15(20)18-16(21)19(14)10-11-5-2-1-3-6-11/h1-9,14H,10H2,(H,18,20,21). The second kappa shape index (κ2) is 5.58. The number of rotatable bonds is 3. The molecule has 0 aliphatic carbocycles. The van der Waals surface area contributed by atoms with Crippen molar-refractivity contribution >= 4 is 23.5 Å². The third-order valence-corrected chi connectivity index (χ3v) is 3.65. The second-order valence-electron chi connectivity index (χ2n) is 4.87. The summed E-state index contributed by atoms with van der Waals surface area (Å²) in [6.45, 7) is 0.371. The molecule has 0 spiro atoms. The lowest BCUT2D eigenvalue weighted by Gasteiger charge is -2.22. The van der Waals surface area contributed by atoms with Gasteiger partial charge >= 0.3 is 6.03 Å². The summed E-state index contributed by atoms with van der Waals surface area (Å²) in [4.78, 5) is 25.6. The van der Waals surface area contributed by atoms with Gasteiger partial charge in [0.15, 0.2) is 0 Å². The van der Waals surface area contributed by atoms with Crippen molar-refractivity contribution in [1.82, 2.24) is 10.2 Å². The molecule has 1 unspecified atom stereocenters. The maximum absolute atomic E-state index is 12.1. The van der Waals surface area contributed by atoms with Crippen molar-refractivity contribution in [2.24, 2.45) is 0 Å². The van der Waals surface area contributed by atoms with Crippen LogP contribution in [0.4, 0.5) is 4.79 Å². The number of nitrogens with one attached hydrogen (secondary N) is 1. The fourth-order valence-electron chi connectivity index (χ4n) is 2.46. The summed E-state index contributed by atoms with van der Waals surface area (Å²) in [5.74, 6) is -0.321. The van der Waals surface area contributed by atoms with Crippen LogP contribution >= 0.6 is 11.6 Å². The van der Waals surface area contributed by atoms with Gasteiger partial charge in [-0.2, -0.15) is 0 Å². The monoisotopic (exact) mass is 300 g/mol. The molecule has 2 aromatic rings. The third-order valence-electron chi connectivity index (χ3n) is 3.41. The van der Waals surface area contributed by atoms with E-state index in [1.807, 2.05) is 30.3 Å². The zero-order valence-corrected chi connectivity index (χ0v) is 11.9. The predicted molar refractivity (Wildman–Crippen MR) is 79.7 cm³/mol. The highest BCUT2D eigenvalue weighted by Crippen LogP contribution is 2.29. The quantitative estimate of drug-likeness (QED) is 0.885. The van der Waals surface area contributed by atoms with Gasteiger partial charge in [0.05, 0.1) is 0 Å². The fourth-order valence-corrected chi connectivity index (χ4v) is 2.65. The van der Waals surface area contributed by atoms with Crippen LogP contribution in [0.15, 0.2) is 54.6 Å². The summed E-state index contributed by atoms with van der Waals surface area (Å²) in [7, 11) is 0. The van der Waals surface area contributed by atoms with Crippen LogP contribution in [0.1, 0.15) is 17.2 Å². The highest BCUT2D eigenvalue weighted by Gasteiger charge is 2.39. The molecule has 3 amide bonds. The number of hydrogen-bond acceptors (Lipinski definition) is 2. The number of nitrogens with zero attached hydrogens (tertiary/aromatic N) is 1. The molecule has 2 aromatic carbocycles. The van der Waals surface area contributed by atoms with Crippen LogP contribution in [-0.2, 0) is 11.3 Å². The lowest BCUT2D eigenvalue weighted by atomic mass is 10.1. The van der Waals surface area contributed by atoms with Gasteiger partial charge in [-0.1, -0.05) is 54.1 Å². The van der Waals surface area contributed by atoms with Crippen LogP contribution in [0, 0.1) is 0 Å². The number of amides is 3. The molecule has 1 heterocycles. The topological polar surface area (TPSA) is 49.4 Å². The zero-order chi connectivity index (χ0) is 14.8. The number of carbonyl (C=O) groups excluding carboxylic acids is 2. The molecule has 21 heavy (non-hydrogen) atoms. The largest absolute Gasteiger partial charge is 0.325 e. The summed E-state index contributed by atoms with van der Waals surface area (Å²) in [6, 6.07) is 15.6. The van der Waals surface area contributed by atoms with E-state index in [0.717, 1.165) is 5.56 Å². The maximum atomic E-state index is 12.1. The molecular formula is C16H13ClN2O2. The molecule has 4 nitrogen and oxygen atoms in total. The summed E-state index contributed by atoms with van der Waals surface area (Å²) >= 11 is 5.98. The van der Waals surface area contributed by atoms with E-state index in [1.165, 1.54) is 4.90 Å². The van der Waals surface area contributed by atoms with Gasteiger partial charge in [0, 0.05) is 11.6 Å². The molecule has 0 bridgehead atoms. The molecule has 1 N–H and O–H groups in total. The first-order chi connectivity index (χ1) is 10.1. The van der Waals surface area contributed by atoms with Gasteiger partial charge in [-0.05, 0) is 23.3 Å². The highest BCUT2D eigenvalue weighted by molar-refractivity contribution is 6.30. The summed E-state index contributed by atoms with van der Waals surface area (Å²) in [5.41, 5.74) is 1.68. The first kappa shape index (κ1) is 13.6. The Morgan fingerprint density at radius 3 is 2.52 bits per heavy atom. The Bertz CT molecular complexity index is 688. The molecule has 5 heteroatoms. The maximum Gasteiger partial charge on any atom is 0.325 e. The molecule has 3 rings (SSSR count). The number of benzene rings is 2. The van der Waals surface area contributed by atoms with Crippen molar-refractivity contribution in [1.29, 1.82) is 0 Å². The zero-order valence-electron chi connectivity index (χ0n) is 11.1. The van der Waals surface area contributed by atoms with Crippen LogP contribution in [0.2, 0.25) is 5.02 Å². The first-order valence-electron chi connectivity index (χ1n) is 6.56. The molecule has 1 atom stereocenters. The van der Waals surface area contributed by atoms with E-state index in [2.05, 4.69) is 5.32 Å². The minimum Gasteiger partial charge on any atom is -0.304 e. The van der Waals surface area contributed by atoms with Crippen molar-refractivity contribution < 1.29 is 9.59 Å². The van der Waals surface area contributed by atoms with Crippen molar-refractivity contribution in [3.8, 4) is 0 Å². The average molecular weight is 301 g/mol. The van der Waals surface area contributed by atoms with E-state index in [0.29, 0.717) is 17.1 Å². The smallest absolute Gasteiger partial charge is 0.304 e. The summed E-state index contributed by atoms with van der Waals surface area (Å²) in [5, 5.41) is 2.90. The molecular weight excluding hydrogens is 288 g/mol. The van der Waals surface area contributed by atoms with Crippen molar-refractivity contribution in [3.63, 3.8) is 0 Å². The van der Waals surface area contributed by atoms with Crippen molar-refractivity contribution in [2.75, 3.05) is 0 Å². The number of hydrogen-bond donors (Lipinski definition) is 1. The fraction of sp³-hybridized carbons (Fsp3) is 0.125. The first-order valence-corrected chi connectivity index (χ1v) is 6.94. The number of urea groups is 1. The lowest BCUT2D eigenvalue weighted by Crippen LogP contribution is -2.29. The van der Waals surface area contributed by atoms with E-state index < -0.39 is 6.04 Å². The number of carbonyl (C=O) groups is 2. The molecule has 1 saturated heterocycles. The van der Waals surface area contributed by atoms with Gasteiger partial charge in [0.2, 0.25) is 0 Å². The van der Waals surface area contributed by atoms with E-state index in [9.17, 15) is 9.59 Å².